The van der Waals surface area contributed by atoms with Crippen LogP contribution in [0, 0.1) is 17.2 Å². The van der Waals surface area contributed by atoms with Gasteiger partial charge in [-0.05, 0) is 47.6 Å². The molecule has 1 saturated heterocycles. The number of hydrogen-bond donors (Lipinski definition) is 0. The molecule has 2 aromatic heterocycles. The van der Waals surface area contributed by atoms with Crippen LogP contribution in [0.1, 0.15) is 49.3 Å². The lowest BCUT2D eigenvalue weighted by molar-refractivity contribution is 0.0596. The summed E-state index contributed by atoms with van der Waals surface area (Å²) in [6.45, 7) is 6.25. The first-order chi connectivity index (χ1) is 12.7. The summed E-state index contributed by atoms with van der Waals surface area (Å²) in [5.41, 5.74) is 1.29. The van der Waals surface area contributed by atoms with E-state index in [4.69, 9.17) is 4.74 Å². The molecule has 1 aliphatic rings. The van der Waals surface area contributed by atoms with Crippen LogP contribution in [0.15, 0.2) is 4.79 Å². The minimum absolute atomic E-state index is 0.153. The number of rotatable bonds is 6. The molecule has 0 N–H and O–H groups in total. The van der Waals surface area contributed by atoms with Gasteiger partial charge in [0.25, 0.3) is 5.56 Å². The molecule has 2 aromatic rings. The van der Waals surface area contributed by atoms with Gasteiger partial charge in [0.2, 0.25) is 0 Å². The quantitative estimate of drug-likeness (QED) is 0.748. The summed E-state index contributed by atoms with van der Waals surface area (Å²) in [5, 5.41) is 25.8. The highest BCUT2D eigenvalue weighted by Gasteiger charge is 2.20. The standard InChI is InChI=1S/C17H23N7O2/c1-3-13-14(9-18)17(25)24(20-15(13)4-2)11-16-19-21-22-23(16)10-12-5-7-26-8-6-12/h12H,3-8,10-11H2,1-2H3. The summed E-state index contributed by atoms with van der Waals surface area (Å²) in [7, 11) is 0. The molecule has 0 spiro atoms. The summed E-state index contributed by atoms with van der Waals surface area (Å²) >= 11 is 0. The van der Waals surface area contributed by atoms with Crippen LogP contribution in [0.2, 0.25) is 0 Å². The third kappa shape index (κ3) is 3.65. The van der Waals surface area contributed by atoms with Crippen molar-refractivity contribution >= 4 is 0 Å². The summed E-state index contributed by atoms with van der Waals surface area (Å²) in [4.78, 5) is 12.7. The van der Waals surface area contributed by atoms with Crippen molar-refractivity contribution in [1.82, 2.24) is 30.0 Å². The maximum absolute atomic E-state index is 12.7. The lowest BCUT2D eigenvalue weighted by atomic mass is 10.0. The zero-order chi connectivity index (χ0) is 18.5. The average molecular weight is 357 g/mol. The molecule has 26 heavy (non-hydrogen) atoms. The monoisotopic (exact) mass is 357 g/mol. The molecule has 0 bridgehead atoms. The molecule has 0 saturated carbocycles. The van der Waals surface area contributed by atoms with Crippen molar-refractivity contribution in [3.05, 3.63) is 33.0 Å². The number of ether oxygens (including phenoxy) is 1. The van der Waals surface area contributed by atoms with Crippen molar-refractivity contribution in [2.24, 2.45) is 5.92 Å². The van der Waals surface area contributed by atoms with E-state index < -0.39 is 0 Å². The normalized spacial score (nSPS) is 15.1. The van der Waals surface area contributed by atoms with Gasteiger partial charge in [-0.1, -0.05) is 13.8 Å². The molecule has 0 radical (unpaired) electrons. The van der Waals surface area contributed by atoms with Gasteiger partial charge in [0.1, 0.15) is 18.2 Å². The lowest BCUT2D eigenvalue weighted by Gasteiger charge is -2.22. The Bertz CT molecular complexity index is 859. The Hall–Kier alpha value is -2.60. The summed E-state index contributed by atoms with van der Waals surface area (Å²) < 4.78 is 8.43. The molecule has 1 fully saturated rings. The summed E-state index contributed by atoms with van der Waals surface area (Å²) in [5.74, 6) is 1.03. The summed E-state index contributed by atoms with van der Waals surface area (Å²) in [6.07, 6.45) is 3.21. The smallest absolute Gasteiger partial charge is 0.285 e. The molecule has 3 rings (SSSR count). The van der Waals surface area contributed by atoms with Crippen LogP contribution in [0.5, 0.6) is 0 Å². The first-order valence-electron chi connectivity index (χ1n) is 9.03. The highest BCUT2D eigenvalue weighted by Crippen LogP contribution is 2.17. The van der Waals surface area contributed by atoms with E-state index in [0.29, 0.717) is 31.1 Å². The van der Waals surface area contributed by atoms with Gasteiger partial charge in [-0.15, -0.1) is 5.10 Å². The number of aromatic nitrogens is 6. The highest BCUT2D eigenvalue weighted by atomic mass is 16.5. The Labute approximate surface area is 151 Å². The maximum atomic E-state index is 12.7. The molecule has 0 aliphatic carbocycles. The van der Waals surface area contributed by atoms with Gasteiger partial charge in [0.15, 0.2) is 5.82 Å². The average Bonchev–Trinajstić information content (AvgIpc) is 3.10. The van der Waals surface area contributed by atoms with Crippen LogP contribution in [-0.2, 0) is 30.7 Å². The number of nitrogens with zero attached hydrogens (tertiary/aromatic N) is 7. The molecular formula is C17H23N7O2. The topological polar surface area (TPSA) is 112 Å². The molecule has 138 valence electrons. The predicted molar refractivity (Wildman–Crippen MR) is 92.4 cm³/mol. The number of hydrogen-bond acceptors (Lipinski definition) is 7. The van der Waals surface area contributed by atoms with Crippen molar-refractivity contribution in [1.29, 1.82) is 5.26 Å². The molecular weight excluding hydrogens is 334 g/mol. The third-order valence-electron chi connectivity index (χ3n) is 4.81. The number of aryl methyl sites for hydroxylation is 1. The minimum Gasteiger partial charge on any atom is -0.381 e. The van der Waals surface area contributed by atoms with Crippen LogP contribution in [-0.4, -0.2) is 43.2 Å². The third-order valence-corrected chi connectivity index (χ3v) is 4.81. The van der Waals surface area contributed by atoms with Crippen LogP contribution in [0.3, 0.4) is 0 Å². The van der Waals surface area contributed by atoms with Gasteiger partial charge in [0, 0.05) is 19.8 Å². The molecule has 0 unspecified atom stereocenters. The maximum Gasteiger partial charge on any atom is 0.285 e. The van der Waals surface area contributed by atoms with E-state index in [-0.39, 0.29) is 17.7 Å². The second-order valence-electron chi connectivity index (χ2n) is 6.41. The van der Waals surface area contributed by atoms with E-state index in [1.165, 1.54) is 4.68 Å². The Morgan fingerprint density at radius 2 is 2.00 bits per heavy atom. The molecule has 0 atom stereocenters. The van der Waals surface area contributed by atoms with Crippen LogP contribution < -0.4 is 5.56 Å². The van der Waals surface area contributed by atoms with Gasteiger partial charge >= 0.3 is 0 Å². The lowest BCUT2D eigenvalue weighted by Crippen LogP contribution is -2.30. The predicted octanol–water partition coefficient (Wildman–Crippen LogP) is 0.701. The van der Waals surface area contributed by atoms with E-state index in [9.17, 15) is 10.1 Å². The Balaban J connectivity index is 1.89. The van der Waals surface area contributed by atoms with Crippen molar-refractivity contribution in [3.8, 4) is 6.07 Å². The Kier molecular flexibility index (Phi) is 5.73. The van der Waals surface area contributed by atoms with Crippen LogP contribution in [0.4, 0.5) is 0 Å². The Morgan fingerprint density at radius 3 is 2.65 bits per heavy atom. The fraction of sp³-hybridized carbons (Fsp3) is 0.647. The minimum atomic E-state index is -0.387. The van der Waals surface area contributed by atoms with Gasteiger partial charge < -0.3 is 4.74 Å². The van der Waals surface area contributed by atoms with Crippen molar-refractivity contribution in [2.45, 2.75) is 52.6 Å². The van der Waals surface area contributed by atoms with Crippen LogP contribution >= 0.6 is 0 Å². The van der Waals surface area contributed by atoms with E-state index in [0.717, 1.165) is 37.3 Å². The van der Waals surface area contributed by atoms with Crippen molar-refractivity contribution < 1.29 is 4.74 Å². The van der Waals surface area contributed by atoms with Crippen molar-refractivity contribution in [2.75, 3.05) is 13.2 Å². The molecule has 1 aliphatic heterocycles. The van der Waals surface area contributed by atoms with E-state index in [1.807, 2.05) is 19.9 Å². The number of tetrazole rings is 1. The van der Waals surface area contributed by atoms with Crippen LogP contribution in [0.25, 0.3) is 0 Å². The summed E-state index contributed by atoms with van der Waals surface area (Å²) in [6, 6.07) is 2.04. The molecule has 9 nitrogen and oxygen atoms in total. The SMILES string of the molecule is CCc1nn(Cc2nnnn2CC2CCOCC2)c(=O)c(C#N)c1CC. The van der Waals surface area contributed by atoms with E-state index in [1.54, 1.807) is 4.68 Å². The Morgan fingerprint density at radius 1 is 1.23 bits per heavy atom. The second kappa shape index (κ2) is 8.19. The van der Waals surface area contributed by atoms with Crippen molar-refractivity contribution in [3.63, 3.8) is 0 Å². The van der Waals surface area contributed by atoms with Gasteiger partial charge in [-0.3, -0.25) is 4.79 Å². The number of nitriles is 1. The molecule has 9 heteroatoms. The largest absolute Gasteiger partial charge is 0.381 e. The highest BCUT2D eigenvalue weighted by molar-refractivity contribution is 5.38. The molecule has 0 amide bonds. The second-order valence-corrected chi connectivity index (χ2v) is 6.41. The van der Waals surface area contributed by atoms with Gasteiger partial charge in [-0.2, -0.15) is 10.4 Å². The fourth-order valence-electron chi connectivity index (χ4n) is 3.33. The zero-order valence-corrected chi connectivity index (χ0v) is 15.2. The zero-order valence-electron chi connectivity index (χ0n) is 15.2. The first kappa shape index (κ1) is 18.2. The van der Waals surface area contributed by atoms with E-state index in [2.05, 4.69) is 20.6 Å². The molecule has 0 aromatic carbocycles. The van der Waals surface area contributed by atoms with E-state index >= 15 is 0 Å². The first-order valence-corrected chi connectivity index (χ1v) is 9.03. The van der Waals surface area contributed by atoms with Gasteiger partial charge in [0.05, 0.1) is 5.69 Å². The van der Waals surface area contributed by atoms with Gasteiger partial charge in [-0.25, -0.2) is 9.36 Å². The molecule has 3 heterocycles. The fourth-order valence-corrected chi connectivity index (χ4v) is 3.33.